The molecule has 38 heavy (non-hydrogen) atoms. The second kappa shape index (κ2) is 12.2. The second-order valence-corrected chi connectivity index (χ2v) is 10.3. The van der Waals surface area contributed by atoms with Crippen LogP contribution in [0.4, 0.5) is 13.2 Å². The molecule has 0 radical (unpaired) electrons. The number of nitrogens with one attached hydrogen (secondary N) is 1. The normalized spacial score (nSPS) is 17.4. The van der Waals surface area contributed by atoms with Crippen LogP contribution in [-0.4, -0.2) is 30.9 Å². The van der Waals surface area contributed by atoms with Crippen molar-refractivity contribution in [1.29, 1.82) is 0 Å². The zero-order valence-corrected chi connectivity index (χ0v) is 22.1. The van der Waals surface area contributed by atoms with Crippen molar-refractivity contribution in [2.45, 2.75) is 77.8 Å². The number of benzene rings is 2. The molecule has 1 N–H and O–H groups in total. The zero-order chi connectivity index (χ0) is 27.3. The Morgan fingerprint density at radius 3 is 2.63 bits per heavy atom. The van der Waals surface area contributed by atoms with Gasteiger partial charge in [0.25, 0.3) is 0 Å². The lowest BCUT2D eigenvalue weighted by molar-refractivity contribution is -0.147. The molecule has 1 atom stereocenters. The fraction of sp³-hybridized carbons (Fsp3) is 0.517. The maximum absolute atomic E-state index is 13.6. The van der Waals surface area contributed by atoms with E-state index in [1.54, 1.807) is 6.07 Å². The number of oxime groups is 1. The lowest BCUT2D eigenvalue weighted by Gasteiger charge is -2.15. The quantitative estimate of drug-likeness (QED) is 0.196. The first-order valence-electron chi connectivity index (χ1n) is 13.2. The summed E-state index contributed by atoms with van der Waals surface area (Å²) < 4.78 is 51.3. The van der Waals surface area contributed by atoms with Crippen LogP contribution in [0.25, 0.3) is 0 Å². The van der Waals surface area contributed by atoms with Gasteiger partial charge in [-0.15, -0.1) is 0 Å². The van der Waals surface area contributed by atoms with E-state index < -0.39 is 11.7 Å². The Hall–Kier alpha value is -3.07. The third-order valence-electron chi connectivity index (χ3n) is 6.68. The molecule has 0 spiro atoms. The highest BCUT2D eigenvalue weighted by Crippen LogP contribution is 2.38. The number of aryl methyl sites for hydroxylation is 1. The van der Waals surface area contributed by atoms with Crippen LogP contribution in [0.1, 0.15) is 80.3 Å². The van der Waals surface area contributed by atoms with Crippen molar-refractivity contribution in [3.8, 4) is 5.75 Å². The van der Waals surface area contributed by atoms with Gasteiger partial charge in [0, 0.05) is 12.6 Å². The van der Waals surface area contributed by atoms with Gasteiger partial charge in [0.1, 0.15) is 12.4 Å². The van der Waals surface area contributed by atoms with E-state index in [0.717, 1.165) is 37.3 Å². The lowest BCUT2D eigenvalue weighted by atomic mass is 10.0. The van der Waals surface area contributed by atoms with Gasteiger partial charge < -0.3 is 19.6 Å². The standard InChI is InChI=1S/C29H35F3N2O4/c1-18(2)38-28(35)12-13-33-26-10-8-23-15-22(7-9-24(23)26)19(3)34-37-17-21-6-11-27(36-16-20-4-5-20)25(14-21)29(30,31)32/h6-7,9,11,14-15,18,20,26,33H,4-5,8,10,12-13,16-17H2,1-3H3/b34-19+. The van der Waals surface area contributed by atoms with E-state index in [-0.39, 0.29) is 30.5 Å². The van der Waals surface area contributed by atoms with Crippen molar-refractivity contribution in [2.24, 2.45) is 11.1 Å². The first kappa shape index (κ1) is 28.0. The number of carbonyl (C=O) groups excluding carboxylic acids is 1. The predicted octanol–water partition coefficient (Wildman–Crippen LogP) is 6.35. The van der Waals surface area contributed by atoms with Gasteiger partial charge in [-0.3, -0.25) is 4.79 Å². The molecule has 0 heterocycles. The molecular weight excluding hydrogens is 497 g/mol. The second-order valence-electron chi connectivity index (χ2n) is 10.3. The van der Waals surface area contributed by atoms with E-state index in [2.05, 4.69) is 22.6 Å². The van der Waals surface area contributed by atoms with Gasteiger partial charge in [0.15, 0.2) is 0 Å². The number of rotatable bonds is 12. The van der Waals surface area contributed by atoms with E-state index in [0.29, 0.717) is 36.8 Å². The summed E-state index contributed by atoms with van der Waals surface area (Å²) in [5.74, 6) is 0.00718. The molecule has 1 fully saturated rings. The molecular formula is C29H35F3N2O4. The van der Waals surface area contributed by atoms with Crippen molar-refractivity contribution in [2.75, 3.05) is 13.2 Å². The molecule has 1 unspecified atom stereocenters. The molecule has 0 aliphatic heterocycles. The molecule has 2 aromatic rings. The van der Waals surface area contributed by atoms with E-state index in [4.69, 9.17) is 14.3 Å². The first-order chi connectivity index (χ1) is 18.1. The van der Waals surface area contributed by atoms with Gasteiger partial charge in [0.2, 0.25) is 0 Å². The molecule has 2 aromatic carbocycles. The largest absolute Gasteiger partial charge is 0.493 e. The van der Waals surface area contributed by atoms with E-state index in [1.807, 2.05) is 26.8 Å². The summed E-state index contributed by atoms with van der Waals surface area (Å²) >= 11 is 0. The molecule has 9 heteroatoms. The van der Waals surface area contributed by atoms with E-state index in [9.17, 15) is 18.0 Å². The highest BCUT2D eigenvalue weighted by Gasteiger charge is 2.35. The number of esters is 1. The average Bonchev–Trinajstić information content (AvgIpc) is 3.60. The highest BCUT2D eigenvalue weighted by atomic mass is 19.4. The molecule has 4 rings (SSSR count). The van der Waals surface area contributed by atoms with Crippen LogP contribution in [0.15, 0.2) is 41.6 Å². The summed E-state index contributed by atoms with van der Waals surface area (Å²) in [6.45, 7) is 6.25. The monoisotopic (exact) mass is 532 g/mol. The SMILES string of the molecule is C/C(=N\OCc1ccc(OCC2CC2)c(C(F)(F)F)c1)c1ccc2c(c1)CCC2NCCC(=O)OC(C)C. The fourth-order valence-electron chi connectivity index (χ4n) is 4.49. The van der Waals surface area contributed by atoms with Gasteiger partial charge in [-0.1, -0.05) is 23.4 Å². The summed E-state index contributed by atoms with van der Waals surface area (Å²) in [6.07, 6.45) is -0.454. The molecule has 206 valence electrons. The minimum Gasteiger partial charge on any atom is -0.493 e. The van der Waals surface area contributed by atoms with E-state index >= 15 is 0 Å². The number of ether oxygens (including phenoxy) is 2. The van der Waals surface area contributed by atoms with Crippen LogP contribution in [0, 0.1) is 5.92 Å². The molecule has 1 saturated carbocycles. The number of hydrogen-bond acceptors (Lipinski definition) is 6. The topological polar surface area (TPSA) is 69.2 Å². The molecule has 6 nitrogen and oxygen atoms in total. The van der Waals surface area contributed by atoms with Crippen LogP contribution in [-0.2, 0) is 33.6 Å². The summed E-state index contributed by atoms with van der Waals surface area (Å²) in [5.41, 5.74) is 3.51. The molecule has 2 aliphatic rings. The smallest absolute Gasteiger partial charge is 0.419 e. The van der Waals surface area contributed by atoms with Crippen molar-refractivity contribution in [1.82, 2.24) is 5.32 Å². The number of carbonyl (C=O) groups is 1. The Bertz CT molecular complexity index is 1160. The Kier molecular flexibility index (Phi) is 8.97. The summed E-state index contributed by atoms with van der Waals surface area (Å²) in [7, 11) is 0. The van der Waals surface area contributed by atoms with Crippen molar-refractivity contribution in [3.05, 3.63) is 64.2 Å². The van der Waals surface area contributed by atoms with Gasteiger partial charge in [0.05, 0.1) is 30.4 Å². The van der Waals surface area contributed by atoms with Crippen LogP contribution in [0.5, 0.6) is 5.75 Å². The van der Waals surface area contributed by atoms with Crippen molar-refractivity contribution < 1.29 is 32.3 Å². The van der Waals surface area contributed by atoms with Crippen molar-refractivity contribution >= 4 is 11.7 Å². The maximum Gasteiger partial charge on any atom is 0.419 e. The van der Waals surface area contributed by atoms with Crippen LogP contribution < -0.4 is 10.1 Å². The van der Waals surface area contributed by atoms with Crippen molar-refractivity contribution in [3.63, 3.8) is 0 Å². The van der Waals surface area contributed by atoms with Gasteiger partial charge in [-0.25, -0.2) is 0 Å². The molecule has 0 amide bonds. The highest BCUT2D eigenvalue weighted by molar-refractivity contribution is 5.98. The summed E-state index contributed by atoms with van der Waals surface area (Å²) in [6, 6.07) is 10.3. The third-order valence-corrected chi connectivity index (χ3v) is 6.68. The number of hydrogen-bond donors (Lipinski definition) is 1. The molecule has 0 saturated heterocycles. The Morgan fingerprint density at radius 2 is 1.92 bits per heavy atom. The van der Waals surface area contributed by atoms with Crippen LogP contribution in [0.3, 0.4) is 0 Å². The Balaban J connectivity index is 1.32. The predicted molar refractivity (Wildman–Crippen MR) is 138 cm³/mol. The fourth-order valence-corrected chi connectivity index (χ4v) is 4.49. The molecule has 2 aliphatic carbocycles. The minimum absolute atomic E-state index is 0.0838. The minimum atomic E-state index is -4.51. The number of alkyl halides is 3. The maximum atomic E-state index is 13.6. The summed E-state index contributed by atoms with van der Waals surface area (Å²) in [4.78, 5) is 17.2. The molecule has 0 aromatic heterocycles. The molecule has 0 bridgehead atoms. The summed E-state index contributed by atoms with van der Waals surface area (Å²) in [5, 5.41) is 7.58. The van der Waals surface area contributed by atoms with E-state index in [1.165, 1.54) is 17.2 Å². The third kappa shape index (κ3) is 7.72. The van der Waals surface area contributed by atoms with Crippen LogP contribution in [0.2, 0.25) is 0 Å². The zero-order valence-electron chi connectivity index (χ0n) is 22.1. The van der Waals surface area contributed by atoms with Crippen LogP contribution >= 0.6 is 0 Å². The van der Waals surface area contributed by atoms with Gasteiger partial charge >= 0.3 is 12.1 Å². The average molecular weight is 533 g/mol. The first-order valence-corrected chi connectivity index (χ1v) is 13.2. The van der Waals surface area contributed by atoms with Gasteiger partial charge in [-0.2, -0.15) is 13.2 Å². The van der Waals surface area contributed by atoms with Gasteiger partial charge in [-0.05, 0) is 92.8 Å². The number of nitrogens with zero attached hydrogens (tertiary/aromatic N) is 1. The Labute approximate surface area is 221 Å². The number of fused-ring (bicyclic) bond motifs is 1. The lowest BCUT2D eigenvalue weighted by Crippen LogP contribution is -2.24. The number of halogens is 3. The Morgan fingerprint density at radius 1 is 1.13 bits per heavy atom.